The molecule has 1 fully saturated rings. The number of nitrogens with one attached hydrogen (secondary N) is 1. The Morgan fingerprint density at radius 2 is 1.85 bits per heavy atom. The molecule has 0 atom stereocenters. The third kappa shape index (κ3) is 5.67. The molecule has 2 aromatic carbocycles. The molecule has 7 nitrogen and oxygen atoms in total. The summed E-state index contributed by atoms with van der Waals surface area (Å²) >= 11 is 12.3. The Morgan fingerprint density at radius 1 is 1.03 bits per heavy atom. The lowest BCUT2D eigenvalue weighted by molar-refractivity contribution is 0.0951. The van der Waals surface area contributed by atoms with Crippen molar-refractivity contribution < 1.29 is 13.6 Å². The van der Waals surface area contributed by atoms with Gasteiger partial charge in [0.1, 0.15) is 5.76 Å². The molecule has 4 aromatic rings. The maximum absolute atomic E-state index is 12.3. The molecule has 0 radical (unpaired) electrons. The van der Waals surface area contributed by atoms with Crippen LogP contribution in [0.15, 0.2) is 69.7 Å². The van der Waals surface area contributed by atoms with Gasteiger partial charge in [-0.3, -0.25) is 9.69 Å². The minimum absolute atomic E-state index is 0.0271. The highest BCUT2D eigenvalue weighted by molar-refractivity contribution is 6.36. The zero-order chi connectivity index (χ0) is 23.5. The molecule has 1 N–H and O–H groups in total. The van der Waals surface area contributed by atoms with Gasteiger partial charge < -0.3 is 14.2 Å². The SMILES string of the molecule is O=C(NC1CC1)c1ccc(CN(Cc2ccco2)Cc2nnc(-c3ccc(Cl)cc3Cl)o2)cc1. The molecule has 0 unspecified atom stereocenters. The van der Waals surface area contributed by atoms with E-state index in [1.807, 2.05) is 36.4 Å². The Bertz CT molecular complexity index is 1270. The van der Waals surface area contributed by atoms with E-state index in [9.17, 15) is 4.79 Å². The lowest BCUT2D eigenvalue weighted by atomic mass is 10.1. The maximum atomic E-state index is 12.3. The Morgan fingerprint density at radius 3 is 2.56 bits per heavy atom. The lowest BCUT2D eigenvalue weighted by Gasteiger charge is -2.19. The minimum atomic E-state index is -0.0271. The summed E-state index contributed by atoms with van der Waals surface area (Å²) in [4.78, 5) is 14.4. The third-order valence-corrected chi connectivity index (χ3v) is 6.03. The van der Waals surface area contributed by atoms with Gasteiger partial charge in [0.25, 0.3) is 5.91 Å². The first-order valence-corrected chi connectivity index (χ1v) is 11.7. The molecule has 1 amide bonds. The number of carbonyl (C=O) groups excluding carboxylic acids is 1. The topological polar surface area (TPSA) is 84.4 Å². The van der Waals surface area contributed by atoms with Crippen molar-refractivity contribution in [1.29, 1.82) is 0 Å². The van der Waals surface area contributed by atoms with Gasteiger partial charge >= 0.3 is 0 Å². The second-order valence-corrected chi connectivity index (χ2v) is 9.14. The van der Waals surface area contributed by atoms with E-state index in [-0.39, 0.29) is 5.91 Å². The lowest BCUT2D eigenvalue weighted by Crippen LogP contribution is -2.25. The van der Waals surface area contributed by atoms with Crippen molar-refractivity contribution in [2.45, 2.75) is 38.5 Å². The van der Waals surface area contributed by atoms with E-state index in [1.165, 1.54) is 0 Å². The molecule has 174 valence electrons. The minimum Gasteiger partial charge on any atom is -0.468 e. The number of hydrogen-bond donors (Lipinski definition) is 1. The highest BCUT2D eigenvalue weighted by Gasteiger charge is 2.23. The van der Waals surface area contributed by atoms with Crippen LogP contribution < -0.4 is 5.32 Å². The first kappa shape index (κ1) is 22.7. The van der Waals surface area contributed by atoms with Gasteiger partial charge in [-0.1, -0.05) is 35.3 Å². The van der Waals surface area contributed by atoms with Crippen molar-refractivity contribution in [3.63, 3.8) is 0 Å². The Kier molecular flexibility index (Phi) is 6.67. The van der Waals surface area contributed by atoms with Crippen LogP contribution in [-0.2, 0) is 19.6 Å². The number of aromatic nitrogens is 2. The molecule has 0 saturated heterocycles. The van der Waals surface area contributed by atoms with Gasteiger partial charge in [-0.15, -0.1) is 10.2 Å². The molecule has 9 heteroatoms. The van der Waals surface area contributed by atoms with E-state index in [4.69, 9.17) is 32.0 Å². The van der Waals surface area contributed by atoms with E-state index in [0.29, 0.717) is 58.6 Å². The molecule has 1 aliphatic rings. The summed E-state index contributed by atoms with van der Waals surface area (Å²) in [5, 5.41) is 12.4. The molecule has 34 heavy (non-hydrogen) atoms. The fraction of sp³-hybridized carbons (Fsp3) is 0.240. The molecule has 1 aliphatic carbocycles. The third-order valence-electron chi connectivity index (χ3n) is 5.48. The number of carbonyl (C=O) groups is 1. The summed E-state index contributed by atoms with van der Waals surface area (Å²) in [6.45, 7) is 1.56. The highest BCUT2D eigenvalue weighted by Crippen LogP contribution is 2.29. The van der Waals surface area contributed by atoms with Gasteiger partial charge in [-0.05, 0) is 60.9 Å². The largest absolute Gasteiger partial charge is 0.468 e. The second kappa shape index (κ2) is 10.0. The summed E-state index contributed by atoms with van der Waals surface area (Å²) in [7, 11) is 0. The van der Waals surface area contributed by atoms with Crippen LogP contribution in [-0.4, -0.2) is 27.0 Å². The average Bonchev–Trinajstić information content (AvgIpc) is 3.27. The van der Waals surface area contributed by atoms with Crippen molar-refractivity contribution in [1.82, 2.24) is 20.4 Å². The number of rotatable bonds is 9. The van der Waals surface area contributed by atoms with Crippen LogP contribution in [0.4, 0.5) is 0 Å². The first-order chi connectivity index (χ1) is 16.5. The van der Waals surface area contributed by atoms with Gasteiger partial charge in [-0.25, -0.2) is 0 Å². The number of hydrogen-bond acceptors (Lipinski definition) is 6. The number of benzene rings is 2. The summed E-state index contributed by atoms with van der Waals surface area (Å²) < 4.78 is 11.4. The molecule has 5 rings (SSSR count). The predicted molar refractivity (Wildman–Crippen MR) is 128 cm³/mol. The van der Waals surface area contributed by atoms with E-state index in [0.717, 1.165) is 24.2 Å². The van der Waals surface area contributed by atoms with Crippen molar-refractivity contribution in [3.8, 4) is 11.5 Å². The number of nitrogens with zero attached hydrogens (tertiary/aromatic N) is 3. The van der Waals surface area contributed by atoms with E-state index in [1.54, 1.807) is 24.5 Å². The van der Waals surface area contributed by atoms with Crippen LogP contribution in [0.5, 0.6) is 0 Å². The average molecular weight is 497 g/mol. The molecular formula is C25H22Cl2N4O3. The summed E-state index contributed by atoms with van der Waals surface area (Å²) in [6.07, 6.45) is 3.77. The van der Waals surface area contributed by atoms with E-state index in [2.05, 4.69) is 20.4 Å². The van der Waals surface area contributed by atoms with Crippen LogP contribution in [0.3, 0.4) is 0 Å². The van der Waals surface area contributed by atoms with Gasteiger partial charge in [-0.2, -0.15) is 0 Å². The van der Waals surface area contributed by atoms with Crippen LogP contribution in [0.2, 0.25) is 10.0 Å². The normalized spacial score (nSPS) is 13.4. The quantitative estimate of drug-likeness (QED) is 0.318. The summed E-state index contributed by atoms with van der Waals surface area (Å²) in [5.41, 5.74) is 2.34. The van der Waals surface area contributed by atoms with Crippen LogP contribution >= 0.6 is 23.2 Å². The molecule has 0 aliphatic heterocycles. The molecular weight excluding hydrogens is 475 g/mol. The maximum Gasteiger partial charge on any atom is 0.251 e. The van der Waals surface area contributed by atoms with Gasteiger partial charge in [0.05, 0.1) is 29.9 Å². The highest BCUT2D eigenvalue weighted by atomic mass is 35.5. The van der Waals surface area contributed by atoms with Gasteiger partial charge in [0.15, 0.2) is 0 Å². The van der Waals surface area contributed by atoms with E-state index < -0.39 is 0 Å². The first-order valence-electron chi connectivity index (χ1n) is 11.0. The van der Waals surface area contributed by atoms with Crippen LogP contribution in [0.1, 0.15) is 40.4 Å². The molecule has 2 heterocycles. The van der Waals surface area contributed by atoms with Crippen molar-refractivity contribution >= 4 is 29.1 Å². The fourth-order valence-electron chi connectivity index (χ4n) is 3.59. The number of furan rings is 1. The number of halogens is 2. The number of amides is 1. The van der Waals surface area contributed by atoms with E-state index >= 15 is 0 Å². The molecule has 0 bridgehead atoms. The zero-order valence-electron chi connectivity index (χ0n) is 18.2. The second-order valence-electron chi connectivity index (χ2n) is 8.29. The smallest absolute Gasteiger partial charge is 0.251 e. The Labute approximate surface area is 206 Å². The fourth-order valence-corrected chi connectivity index (χ4v) is 4.08. The zero-order valence-corrected chi connectivity index (χ0v) is 19.7. The van der Waals surface area contributed by atoms with Gasteiger partial charge in [0.2, 0.25) is 11.8 Å². The Hall–Kier alpha value is -3.13. The standard InChI is InChI=1S/C25H22Cl2N4O3/c26-18-7-10-21(22(27)12-18)25-30-29-23(34-25)15-31(14-20-2-1-11-33-20)13-16-3-5-17(6-4-16)24(32)28-19-8-9-19/h1-7,10-12,19H,8-9,13-15H2,(H,28,32). The van der Waals surface area contributed by atoms with Crippen molar-refractivity contribution in [2.24, 2.45) is 0 Å². The molecule has 1 saturated carbocycles. The summed E-state index contributed by atoms with van der Waals surface area (Å²) in [5.74, 6) is 1.58. The Balaban J connectivity index is 1.30. The predicted octanol–water partition coefficient (Wildman–Crippen LogP) is 5.73. The van der Waals surface area contributed by atoms with Crippen molar-refractivity contribution in [3.05, 3.63) is 93.7 Å². The summed E-state index contributed by atoms with van der Waals surface area (Å²) in [6, 6.07) is 16.9. The van der Waals surface area contributed by atoms with Crippen molar-refractivity contribution in [2.75, 3.05) is 0 Å². The van der Waals surface area contributed by atoms with Crippen LogP contribution in [0.25, 0.3) is 11.5 Å². The molecule has 2 aromatic heterocycles. The molecule has 0 spiro atoms. The van der Waals surface area contributed by atoms with Crippen LogP contribution in [0, 0.1) is 0 Å². The monoisotopic (exact) mass is 496 g/mol. The van der Waals surface area contributed by atoms with Gasteiger partial charge in [0, 0.05) is 23.2 Å².